The normalized spacial score (nSPS) is 18.7. The van der Waals surface area contributed by atoms with Crippen molar-refractivity contribution in [1.29, 1.82) is 0 Å². The number of rotatable bonds is 3. The molecular formula is C12H11ClN2O. The molecule has 1 atom stereocenters. The molecule has 0 N–H and O–H groups in total. The molecule has 3 rings (SSSR count). The number of ether oxygens (including phenoxy) is 1. The quantitative estimate of drug-likeness (QED) is 0.765. The molecule has 1 fully saturated rings. The monoisotopic (exact) mass is 234 g/mol. The minimum absolute atomic E-state index is 0.354. The van der Waals surface area contributed by atoms with Crippen molar-refractivity contribution in [2.45, 2.75) is 12.6 Å². The summed E-state index contributed by atoms with van der Waals surface area (Å²) in [5, 5.41) is 0.731. The van der Waals surface area contributed by atoms with Gasteiger partial charge in [0, 0.05) is 23.0 Å². The van der Waals surface area contributed by atoms with Crippen LogP contribution in [0.25, 0.3) is 11.4 Å². The van der Waals surface area contributed by atoms with Crippen LogP contribution in [-0.4, -0.2) is 22.3 Å². The lowest BCUT2D eigenvalue weighted by atomic mass is 10.2. The molecular weight excluding hydrogens is 224 g/mol. The zero-order valence-corrected chi connectivity index (χ0v) is 9.39. The van der Waals surface area contributed by atoms with Crippen LogP contribution in [0.5, 0.6) is 0 Å². The molecule has 1 aromatic heterocycles. The molecule has 1 saturated heterocycles. The van der Waals surface area contributed by atoms with Crippen LogP contribution in [0.3, 0.4) is 0 Å². The van der Waals surface area contributed by atoms with Crippen molar-refractivity contribution in [3.63, 3.8) is 0 Å². The van der Waals surface area contributed by atoms with Gasteiger partial charge in [-0.25, -0.2) is 4.98 Å². The maximum Gasteiger partial charge on any atom is 0.140 e. The van der Waals surface area contributed by atoms with Crippen LogP contribution in [-0.2, 0) is 11.3 Å². The molecule has 0 unspecified atom stereocenters. The van der Waals surface area contributed by atoms with Crippen LogP contribution in [0.1, 0.15) is 0 Å². The van der Waals surface area contributed by atoms with Crippen molar-refractivity contribution >= 4 is 11.6 Å². The van der Waals surface area contributed by atoms with Gasteiger partial charge in [0.25, 0.3) is 0 Å². The highest BCUT2D eigenvalue weighted by atomic mass is 35.5. The largest absolute Gasteiger partial charge is 0.371 e. The van der Waals surface area contributed by atoms with Crippen molar-refractivity contribution < 1.29 is 4.74 Å². The minimum Gasteiger partial charge on any atom is -0.371 e. The summed E-state index contributed by atoms with van der Waals surface area (Å²) in [7, 11) is 0. The Morgan fingerprint density at radius 3 is 3.12 bits per heavy atom. The fourth-order valence-corrected chi connectivity index (χ4v) is 1.93. The second-order valence-electron chi connectivity index (χ2n) is 3.87. The van der Waals surface area contributed by atoms with E-state index in [-0.39, 0.29) is 0 Å². The summed E-state index contributed by atoms with van der Waals surface area (Å²) in [5.41, 5.74) is 1.04. The Morgan fingerprint density at radius 1 is 1.50 bits per heavy atom. The lowest BCUT2D eigenvalue weighted by Crippen LogP contribution is -2.04. The molecule has 82 valence electrons. The number of nitrogens with zero attached hydrogens (tertiary/aromatic N) is 2. The predicted molar refractivity (Wildman–Crippen MR) is 62.4 cm³/mol. The van der Waals surface area contributed by atoms with Crippen molar-refractivity contribution in [2.75, 3.05) is 6.61 Å². The Labute approximate surface area is 98.6 Å². The van der Waals surface area contributed by atoms with Gasteiger partial charge in [-0.3, -0.25) is 0 Å². The van der Waals surface area contributed by atoms with Crippen molar-refractivity contribution in [2.24, 2.45) is 0 Å². The predicted octanol–water partition coefficient (Wildman–Crippen LogP) is 2.60. The molecule has 1 aliphatic heterocycles. The summed E-state index contributed by atoms with van der Waals surface area (Å²) in [5.74, 6) is 0.943. The van der Waals surface area contributed by atoms with E-state index in [1.54, 1.807) is 6.20 Å². The first-order chi connectivity index (χ1) is 7.83. The summed E-state index contributed by atoms with van der Waals surface area (Å²) in [6.45, 7) is 1.72. The zero-order valence-electron chi connectivity index (χ0n) is 8.64. The highest BCUT2D eigenvalue weighted by molar-refractivity contribution is 6.30. The maximum absolute atomic E-state index is 5.97. The van der Waals surface area contributed by atoms with Gasteiger partial charge in [-0.05, 0) is 12.1 Å². The van der Waals surface area contributed by atoms with Crippen LogP contribution in [0.15, 0.2) is 36.7 Å². The third kappa shape index (κ3) is 1.96. The molecule has 0 aliphatic carbocycles. The van der Waals surface area contributed by atoms with E-state index in [0.717, 1.165) is 29.6 Å². The van der Waals surface area contributed by atoms with E-state index in [0.29, 0.717) is 6.10 Å². The van der Waals surface area contributed by atoms with Gasteiger partial charge in [-0.1, -0.05) is 23.7 Å². The molecule has 0 spiro atoms. The molecule has 2 aromatic rings. The topological polar surface area (TPSA) is 30.4 Å². The maximum atomic E-state index is 5.97. The molecule has 0 bridgehead atoms. The molecule has 0 radical (unpaired) electrons. The molecule has 16 heavy (non-hydrogen) atoms. The number of aromatic nitrogens is 2. The smallest absolute Gasteiger partial charge is 0.140 e. The number of halogens is 1. The Morgan fingerprint density at radius 2 is 2.38 bits per heavy atom. The highest BCUT2D eigenvalue weighted by Gasteiger charge is 2.23. The number of hydrogen-bond donors (Lipinski definition) is 0. The molecule has 1 aliphatic rings. The molecule has 2 heterocycles. The van der Waals surface area contributed by atoms with Crippen LogP contribution in [0.2, 0.25) is 5.02 Å². The SMILES string of the molecule is Clc1cccc(-c2nccn2C[C@H]2CO2)c1. The van der Waals surface area contributed by atoms with Crippen molar-refractivity contribution in [3.05, 3.63) is 41.7 Å². The van der Waals surface area contributed by atoms with Gasteiger partial charge in [-0.2, -0.15) is 0 Å². The van der Waals surface area contributed by atoms with Gasteiger partial charge in [0.05, 0.1) is 19.3 Å². The van der Waals surface area contributed by atoms with Gasteiger partial charge in [0.2, 0.25) is 0 Å². The number of epoxide rings is 1. The fraction of sp³-hybridized carbons (Fsp3) is 0.250. The number of benzene rings is 1. The van der Waals surface area contributed by atoms with Crippen molar-refractivity contribution in [3.8, 4) is 11.4 Å². The van der Waals surface area contributed by atoms with Gasteiger partial charge in [0.15, 0.2) is 0 Å². The number of imidazole rings is 1. The highest BCUT2D eigenvalue weighted by Crippen LogP contribution is 2.23. The second kappa shape index (κ2) is 3.92. The number of hydrogen-bond acceptors (Lipinski definition) is 2. The first-order valence-corrected chi connectivity index (χ1v) is 5.59. The van der Waals surface area contributed by atoms with Gasteiger partial charge in [-0.15, -0.1) is 0 Å². The van der Waals surface area contributed by atoms with Gasteiger partial charge in [0.1, 0.15) is 5.82 Å². The van der Waals surface area contributed by atoms with Crippen molar-refractivity contribution in [1.82, 2.24) is 9.55 Å². The summed E-state index contributed by atoms with van der Waals surface area (Å²) in [6, 6.07) is 7.74. The van der Waals surface area contributed by atoms with Crippen LogP contribution in [0, 0.1) is 0 Å². The lowest BCUT2D eigenvalue weighted by molar-refractivity contribution is 0.383. The van der Waals surface area contributed by atoms with Gasteiger partial charge < -0.3 is 9.30 Å². The minimum atomic E-state index is 0.354. The Kier molecular flexibility index (Phi) is 2.42. The third-order valence-electron chi connectivity index (χ3n) is 2.60. The van der Waals surface area contributed by atoms with E-state index in [9.17, 15) is 0 Å². The van der Waals surface area contributed by atoms with Crippen LogP contribution in [0.4, 0.5) is 0 Å². The molecule has 0 amide bonds. The average molecular weight is 235 g/mol. The average Bonchev–Trinajstić information content (AvgIpc) is 2.95. The third-order valence-corrected chi connectivity index (χ3v) is 2.84. The Balaban J connectivity index is 1.95. The summed E-state index contributed by atoms with van der Waals surface area (Å²) in [4.78, 5) is 4.36. The first kappa shape index (κ1) is 9.87. The van der Waals surface area contributed by atoms with E-state index in [4.69, 9.17) is 16.3 Å². The lowest BCUT2D eigenvalue weighted by Gasteiger charge is -2.06. The summed E-state index contributed by atoms with van der Waals surface area (Å²) < 4.78 is 7.32. The molecule has 1 aromatic carbocycles. The van der Waals surface area contributed by atoms with E-state index in [1.165, 1.54) is 0 Å². The van der Waals surface area contributed by atoms with E-state index in [1.807, 2.05) is 30.5 Å². The fourth-order valence-electron chi connectivity index (χ4n) is 1.74. The standard InChI is InChI=1S/C12H11ClN2O/c13-10-3-1-2-9(6-10)12-14-4-5-15(12)7-11-8-16-11/h1-6,11H,7-8H2/t11-/m0/s1. The van der Waals surface area contributed by atoms with Crippen LogP contribution < -0.4 is 0 Å². The van der Waals surface area contributed by atoms with Crippen LogP contribution >= 0.6 is 11.6 Å². The van der Waals surface area contributed by atoms with E-state index < -0.39 is 0 Å². The zero-order chi connectivity index (χ0) is 11.0. The molecule has 3 nitrogen and oxygen atoms in total. The Hall–Kier alpha value is -1.32. The van der Waals surface area contributed by atoms with E-state index in [2.05, 4.69) is 9.55 Å². The summed E-state index contributed by atoms with van der Waals surface area (Å²) in [6.07, 6.45) is 4.13. The van der Waals surface area contributed by atoms with E-state index >= 15 is 0 Å². The second-order valence-corrected chi connectivity index (χ2v) is 4.31. The van der Waals surface area contributed by atoms with Gasteiger partial charge >= 0.3 is 0 Å². The molecule has 0 saturated carbocycles. The first-order valence-electron chi connectivity index (χ1n) is 5.21. The summed E-state index contributed by atoms with van der Waals surface area (Å²) >= 11 is 5.97. The molecule has 4 heteroatoms. The Bertz CT molecular complexity index is 505.